The molecular formula is C21H26BrN3O3. The molecule has 0 unspecified atom stereocenters. The van der Waals surface area contributed by atoms with E-state index < -0.39 is 0 Å². The Morgan fingerprint density at radius 1 is 1.11 bits per heavy atom. The van der Waals surface area contributed by atoms with Crippen molar-refractivity contribution in [3.05, 3.63) is 58.1 Å². The zero-order chi connectivity index (χ0) is 20.5. The van der Waals surface area contributed by atoms with Crippen LogP contribution in [0.25, 0.3) is 0 Å². The Hall–Kier alpha value is -2.54. The number of nitrogens with one attached hydrogen (secondary N) is 3. The van der Waals surface area contributed by atoms with E-state index in [-0.39, 0.29) is 31.0 Å². The maximum Gasteiger partial charge on any atom is 0.315 e. The molecule has 0 fully saturated rings. The van der Waals surface area contributed by atoms with Crippen LogP contribution in [-0.4, -0.2) is 24.6 Å². The van der Waals surface area contributed by atoms with Crippen LogP contribution < -0.4 is 20.7 Å². The standard InChI is InChI=1S/C21H26BrN3O3/c1-14(2)28-18-6-4-5-16(12-18)13-24-21(27)23-10-9-20(26)25-19-8-7-17(22)11-15(19)3/h4-8,11-12,14H,9-10,13H2,1-3H3,(H,25,26)(H2,23,24,27). The summed E-state index contributed by atoms with van der Waals surface area (Å²) in [6.07, 6.45) is 0.291. The van der Waals surface area contributed by atoms with Gasteiger partial charge in [0.1, 0.15) is 5.75 Å². The van der Waals surface area contributed by atoms with Crippen LogP contribution in [-0.2, 0) is 11.3 Å². The average Bonchev–Trinajstić information content (AvgIpc) is 2.62. The van der Waals surface area contributed by atoms with E-state index in [0.29, 0.717) is 6.54 Å². The molecule has 0 saturated carbocycles. The number of rotatable bonds is 8. The van der Waals surface area contributed by atoms with Crippen LogP contribution >= 0.6 is 15.9 Å². The van der Waals surface area contributed by atoms with Crippen molar-refractivity contribution in [3.8, 4) is 5.75 Å². The summed E-state index contributed by atoms with van der Waals surface area (Å²) in [6, 6.07) is 12.9. The normalized spacial score (nSPS) is 10.5. The van der Waals surface area contributed by atoms with Gasteiger partial charge in [-0.25, -0.2) is 4.79 Å². The Labute approximate surface area is 174 Å². The van der Waals surface area contributed by atoms with Gasteiger partial charge in [-0.05, 0) is 62.2 Å². The molecule has 0 aliphatic rings. The van der Waals surface area contributed by atoms with Gasteiger partial charge in [0.2, 0.25) is 5.91 Å². The minimum absolute atomic E-state index is 0.0962. The number of hydrogen-bond acceptors (Lipinski definition) is 3. The summed E-state index contributed by atoms with van der Waals surface area (Å²) in [4.78, 5) is 23.9. The van der Waals surface area contributed by atoms with Gasteiger partial charge in [-0.15, -0.1) is 0 Å². The van der Waals surface area contributed by atoms with Crippen LogP contribution in [0.15, 0.2) is 46.9 Å². The first kappa shape index (κ1) is 21.8. The van der Waals surface area contributed by atoms with Gasteiger partial charge in [0.05, 0.1) is 6.10 Å². The molecule has 0 heterocycles. The molecule has 0 aromatic heterocycles. The van der Waals surface area contributed by atoms with Crippen LogP contribution in [0, 0.1) is 6.92 Å². The van der Waals surface area contributed by atoms with E-state index in [0.717, 1.165) is 27.0 Å². The third-order valence-corrected chi connectivity index (χ3v) is 4.32. The third kappa shape index (κ3) is 7.60. The highest BCUT2D eigenvalue weighted by Gasteiger charge is 2.07. The number of hydrogen-bond donors (Lipinski definition) is 3. The van der Waals surface area contributed by atoms with Gasteiger partial charge in [-0.3, -0.25) is 4.79 Å². The summed E-state index contributed by atoms with van der Waals surface area (Å²) in [7, 11) is 0. The molecule has 0 aliphatic carbocycles. The SMILES string of the molecule is Cc1cc(Br)ccc1NC(=O)CCNC(=O)NCc1cccc(OC(C)C)c1. The van der Waals surface area contributed by atoms with Crippen molar-refractivity contribution in [3.63, 3.8) is 0 Å². The molecule has 150 valence electrons. The van der Waals surface area contributed by atoms with Gasteiger partial charge in [0, 0.05) is 29.7 Å². The van der Waals surface area contributed by atoms with Crippen LogP contribution in [0.5, 0.6) is 5.75 Å². The summed E-state index contributed by atoms with van der Waals surface area (Å²) < 4.78 is 6.60. The Morgan fingerprint density at radius 3 is 2.61 bits per heavy atom. The van der Waals surface area contributed by atoms with Gasteiger partial charge >= 0.3 is 6.03 Å². The van der Waals surface area contributed by atoms with Crippen LogP contribution in [0.1, 0.15) is 31.4 Å². The number of urea groups is 1. The molecule has 7 heteroatoms. The van der Waals surface area contributed by atoms with E-state index in [9.17, 15) is 9.59 Å². The average molecular weight is 448 g/mol. The first-order valence-corrected chi connectivity index (χ1v) is 9.96. The minimum Gasteiger partial charge on any atom is -0.491 e. The number of ether oxygens (including phenoxy) is 1. The van der Waals surface area contributed by atoms with Crippen LogP contribution in [0.3, 0.4) is 0 Å². The zero-order valence-electron chi connectivity index (χ0n) is 16.3. The highest BCUT2D eigenvalue weighted by Crippen LogP contribution is 2.20. The monoisotopic (exact) mass is 447 g/mol. The molecule has 3 N–H and O–H groups in total. The lowest BCUT2D eigenvalue weighted by Crippen LogP contribution is -2.36. The Bertz CT molecular complexity index is 824. The fraction of sp³-hybridized carbons (Fsp3) is 0.333. The van der Waals surface area contributed by atoms with Crippen molar-refractivity contribution in [1.29, 1.82) is 0 Å². The minimum atomic E-state index is -0.317. The predicted molar refractivity (Wildman–Crippen MR) is 115 cm³/mol. The first-order valence-electron chi connectivity index (χ1n) is 9.17. The number of aryl methyl sites for hydroxylation is 1. The smallest absolute Gasteiger partial charge is 0.315 e. The van der Waals surface area contributed by atoms with Crippen molar-refractivity contribution < 1.29 is 14.3 Å². The second kappa shape index (κ2) is 10.7. The molecule has 3 amide bonds. The quantitative estimate of drug-likeness (QED) is 0.561. The van der Waals surface area contributed by atoms with Gasteiger partial charge in [-0.2, -0.15) is 0 Å². The molecule has 0 radical (unpaired) electrons. The molecule has 28 heavy (non-hydrogen) atoms. The Kier molecular flexibility index (Phi) is 8.32. The summed E-state index contributed by atoms with van der Waals surface area (Å²) in [5.41, 5.74) is 2.68. The topological polar surface area (TPSA) is 79.5 Å². The summed E-state index contributed by atoms with van der Waals surface area (Å²) in [5, 5.41) is 8.31. The van der Waals surface area contributed by atoms with Crippen molar-refractivity contribution in [2.24, 2.45) is 0 Å². The van der Waals surface area contributed by atoms with E-state index in [1.807, 2.05) is 63.2 Å². The van der Waals surface area contributed by atoms with Crippen LogP contribution in [0.4, 0.5) is 10.5 Å². The van der Waals surface area contributed by atoms with E-state index in [1.165, 1.54) is 0 Å². The second-order valence-corrected chi connectivity index (χ2v) is 7.60. The largest absolute Gasteiger partial charge is 0.491 e. The van der Waals surface area contributed by atoms with Crippen molar-refractivity contribution in [2.45, 2.75) is 39.8 Å². The Balaban J connectivity index is 1.70. The summed E-state index contributed by atoms with van der Waals surface area (Å²) in [5.74, 6) is 0.624. The third-order valence-electron chi connectivity index (χ3n) is 3.82. The molecule has 2 aromatic rings. The number of amides is 3. The van der Waals surface area contributed by atoms with E-state index >= 15 is 0 Å². The van der Waals surface area contributed by atoms with Gasteiger partial charge in [-0.1, -0.05) is 28.1 Å². The van der Waals surface area contributed by atoms with E-state index in [2.05, 4.69) is 31.9 Å². The lowest BCUT2D eigenvalue weighted by atomic mass is 10.2. The number of halogens is 1. The summed E-state index contributed by atoms with van der Waals surface area (Å²) >= 11 is 3.39. The Morgan fingerprint density at radius 2 is 1.89 bits per heavy atom. The molecule has 0 spiro atoms. The van der Waals surface area contributed by atoms with Gasteiger partial charge < -0.3 is 20.7 Å². The first-order chi connectivity index (χ1) is 13.3. The maximum absolute atomic E-state index is 12.0. The number of carbonyl (C=O) groups excluding carboxylic acids is 2. The van der Waals surface area contributed by atoms with E-state index in [4.69, 9.17) is 4.74 Å². The van der Waals surface area contributed by atoms with Crippen LogP contribution in [0.2, 0.25) is 0 Å². The molecule has 0 atom stereocenters. The fourth-order valence-corrected chi connectivity index (χ4v) is 2.99. The molecule has 2 aromatic carbocycles. The second-order valence-electron chi connectivity index (χ2n) is 6.68. The lowest BCUT2D eigenvalue weighted by molar-refractivity contribution is -0.116. The fourth-order valence-electron chi connectivity index (χ4n) is 2.52. The summed E-state index contributed by atoms with van der Waals surface area (Å²) in [6.45, 7) is 6.49. The van der Waals surface area contributed by atoms with Gasteiger partial charge in [0.15, 0.2) is 0 Å². The molecule has 0 bridgehead atoms. The molecule has 6 nitrogen and oxygen atoms in total. The number of benzene rings is 2. The molecular weight excluding hydrogens is 422 g/mol. The zero-order valence-corrected chi connectivity index (χ0v) is 17.9. The van der Waals surface area contributed by atoms with Crippen molar-refractivity contribution >= 4 is 33.6 Å². The molecule has 0 aliphatic heterocycles. The highest BCUT2D eigenvalue weighted by molar-refractivity contribution is 9.10. The lowest BCUT2D eigenvalue weighted by Gasteiger charge is -2.12. The predicted octanol–water partition coefficient (Wildman–Crippen LogP) is 4.37. The number of carbonyl (C=O) groups is 2. The van der Waals surface area contributed by atoms with Crippen molar-refractivity contribution in [1.82, 2.24) is 10.6 Å². The maximum atomic E-state index is 12.0. The molecule has 2 rings (SSSR count). The van der Waals surface area contributed by atoms with Gasteiger partial charge in [0.25, 0.3) is 0 Å². The highest BCUT2D eigenvalue weighted by atomic mass is 79.9. The van der Waals surface area contributed by atoms with Crippen molar-refractivity contribution in [2.75, 3.05) is 11.9 Å². The number of anilines is 1. The molecule has 0 saturated heterocycles. The van der Waals surface area contributed by atoms with E-state index in [1.54, 1.807) is 0 Å².